The van der Waals surface area contributed by atoms with Gasteiger partial charge in [0.25, 0.3) is 0 Å². The van der Waals surface area contributed by atoms with Crippen molar-refractivity contribution in [3.63, 3.8) is 0 Å². The molecule has 0 amide bonds. The van der Waals surface area contributed by atoms with Crippen molar-refractivity contribution < 1.29 is 5.11 Å². The van der Waals surface area contributed by atoms with Crippen LogP contribution in [0, 0.1) is 18.3 Å². The molecule has 1 fully saturated rings. The molecule has 2 nitrogen and oxygen atoms in total. The lowest BCUT2D eigenvalue weighted by Crippen LogP contribution is -2.26. The molecule has 0 saturated carbocycles. The van der Waals surface area contributed by atoms with Crippen molar-refractivity contribution in [2.45, 2.75) is 40.7 Å². The predicted octanol–water partition coefficient (Wildman–Crippen LogP) is 3.36. The number of nitrogens with zero attached hydrogens (tertiary/aromatic N) is 1. The van der Waals surface area contributed by atoms with Crippen LogP contribution >= 0.6 is 0 Å². The Morgan fingerprint density at radius 2 is 2.06 bits per heavy atom. The molecule has 2 heteroatoms. The zero-order chi connectivity index (χ0) is 13.3. The number of rotatable bonds is 2. The zero-order valence-corrected chi connectivity index (χ0v) is 12.0. The van der Waals surface area contributed by atoms with Crippen LogP contribution in [0.5, 0.6) is 0 Å². The fraction of sp³-hybridized carbons (Fsp3) is 0.625. The molecule has 0 aliphatic carbocycles. The topological polar surface area (TPSA) is 23.5 Å². The van der Waals surface area contributed by atoms with E-state index in [2.05, 4.69) is 44.7 Å². The molecule has 1 aliphatic rings. The van der Waals surface area contributed by atoms with Gasteiger partial charge in [0.05, 0.1) is 6.61 Å². The maximum atomic E-state index is 9.15. The van der Waals surface area contributed by atoms with Crippen molar-refractivity contribution >= 4 is 5.69 Å². The highest BCUT2D eigenvalue weighted by Crippen LogP contribution is 2.36. The summed E-state index contributed by atoms with van der Waals surface area (Å²) in [6.45, 7) is 11.6. The minimum atomic E-state index is 0.131. The van der Waals surface area contributed by atoms with E-state index in [1.165, 1.54) is 17.7 Å². The summed E-state index contributed by atoms with van der Waals surface area (Å²) in [6, 6.07) is 6.29. The van der Waals surface area contributed by atoms with Crippen LogP contribution in [-0.4, -0.2) is 18.2 Å². The Kier molecular flexibility index (Phi) is 3.67. The van der Waals surface area contributed by atoms with Gasteiger partial charge in [-0.3, -0.25) is 0 Å². The van der Waals surface area contributed by atoms with Crippen LogP contribution in [0.25, 0.3) is 0 Å². The third-order valence-electron chi connectivity index (χ3n) is 4.20. The van der Waals surface area contributed by atoms with Crippen LogP contribution in [0.15, 0.2) is 18.2 Å². The second kappa shape index (κ2) is 4.93. The number of hydrogen-bond acceptors (Lipinski definition) is 2. The fourth-order valence-electron chi connectivity index (χ4n) is 2.86. The van der Waals surface area contributed by atoms with Gasteiger partial charge >= 0.3 is 0 Å². The van der Waals surface area contributed by atoms with Gasteiger partial charge in [-0.15, -0.1) is 0 Å². The Labute approximate surface area is 111 Å². The lowest BCUT2D eigenvalue weighted by atomic mass is 9.80. The zero-order valence-electron chi connectivity index (χ0n) is 12.0. The SMILES string of the molecule is Cc1cc(CO)ccc1N1CCC(C(C)(C)C)C1. The minimum absolute atomic E-state index is 0.131. The largest absolute Gasteiger partial charge is 0.392 e. The second-order valence-electron chi connectivity index (χ2n) is 6.58. The first kappa shape index (κ1) is 13.4. The first-order valence-electron chi connectivity index (χ1n) is 6.87. The van der Waals surface area contributed by atoms with Gasteiger partial charge in [0.1, 0.15) is 0 Å². The van der Waals surface area contributed by atoms with Crippen LogP contribution in [0.4, 0.5) is 5.69 Å². The van der Waals surface area contributed by atoms with Crippen molar-refractivity contribution in [1.82, 2.24) is 0 Å². The van der Waals surface area contributed by atoms with E-state index in [4.69, 9.17) is 5.11 Å². The predicted molar refractivity (Wildman–Crippen MR) is 76.9 cm³/mol. The molecule has 1 unspecified atom stereocenters. The van der Waals surface area contributed by atoms with Crippen LogP contribution < -0.4 is 4.90 Å². The molecule has 1 saturated heterocycles. The van der Waals surface area contributed by atoms with Gasteiger partial charge in [-0.2, -0.15) is 0 Å². The summed E-state index contributed by atoms with van der Waals surface area (Å²) >= 11 is 0. The molecule has 1 aromatic carbocycles. The summed E-state index contributed by atoms with van der Waals surface area (Å²) in [5, 5.41) is 9.15. The molecule has 0 spiro atoms. The lowest BCUT2D eigenvalue weighted by molar-refractivity contribution is 0.263. The minimum Gasteiger partial charge on any atom is -0.392 e. The number of hydrogen-bond donors (Lipinski definition) is 1. The van der Waals surface area contributed by atoms with Gasteiger partial charge < -0.3 is 10.0 Å². The third-order valence-corrected chi connectivity index (χ3v) is 4.20. The van der Waals surface area contributed by atoms with E-state index in [9.17, 15) is 0 Å². The molecule has 1 N–H and O–H groups in total. The molecular weight excluding hydrogens is 222 g/mol. The molecule has 0 radical (unpaired) electrons. The number of aryl methyl sites for hydroxylation is 1. The Morgan fingerprint density at radius 3 is 2.56 bits per heavy atom. The van der Waals surface area contributed by atoms with E-state index in [0.717, 1.165) is 24.6 Å². The van der Waals surface area contributed by atoms with Crippen molar-refractivity contribution in [3.8, 4) is 0 Å². The number of aliphatic hydroxyl groups is 1. The Hall–Kier alpha value is -1.02. The van der Waals surface area contributed by atoms with Crippen molar-refractivity contribution in [2.75, 3.05) is 18.0 Å². The fourth-order valence-corrected chi connectivity index (χ4v) is 2.86. The summed E-state index contributed by atoms with van der Waals surface area (Å²) in [5.41, 5.74) is 4.01. The van der Waals surface area contributed by atoms with E-state index >= 15 is 0 Å². The summed E-state index contributed by atoms with van der Waals surface area (Å²) in [7, 11) is 0. The van der Waals surface area contributed by atoms with E-state index < -0.39 is 0 Å². The Balaban J connectivity index is 2.14. The smallest absolute Gasteiger partial charge is 0.0681 e. The highest BCUT2D eigenvalue weighted by Gasteiger charge is 2.32. The van der Waals surface area contributed by atoms with E-state index in [0.29, 0.717) is 5.41 Å². The first-order chi connectivity index (χ1) is 8.41. The van der Waals surface area contributed by atoms with Gasteiger partial charge in [-0.25, -0.2) is 0 Å². The lowest BCUT2D eigenvalue weighted by Gasteiger charge is -2.28. The quantitative estimate of drug-likeness (QED) is 0.866. The Bertz CT molecular complexity index is 420. The number of anilines is 1. The summed E-state index contributed by atoms with van der Waals surface area (Å²) < 4.78 is 0. The molecule has 1 atom stereocenters. The van der Waals surface area contributed by atoms with Crippen LogP contribution in [0.1, 0.15) is 38.3 Å². The number of benzene rings is 1. The van der Waals surface area contributed by atoms with Crippen LogP contribution in [-0.2, 0) is 6.61 Å². The van der Waals surface area contributed by atoms with Gasteiger partial charge in [-0.05, 0) is 41.9 Å². The summed E-state index contributed by atoms with van der Waals surface area (Å²) in [6.07, 6.45) is 1.28. The molecule has 1 heterocycles. The van der Waals surface area contributed by atoms with Gasteiger partial charge in [0, 0.05) is 18.8 Å². The molecule has 18 heavy (non-hydrogen) atoms. The highest BCUT2D eigenvalue weighted by atomic mass is 16.3. The molecule has 1 aromatic rings. The standard InChI is InChI=1S/C16H25NO/c1-12-9-13(11-18)5-6-15(12)17-8-7-14(10-17)16(2,3)4/h5-6,9,14,18H,7-8,10-11H2,1-4H3. The maximum absolute atomic E-state index is 9.15. The average Bonchev–Trinajstić information content (AvgIpc) is 2.77. The first-order valence-corrected chi connectivity index (χ1v) is 6.87. The monoisotopic (exact) mass is 247 g/mol. The van der Waals surface area contributed by atoms with E-state index in [1.807, 2.05) is 6.07 Å². The normalized spacial score (nSPS) is 20.5. The van der Waals surface area contributed by atoms with Gasteiger partial charge in [-0.1, -0.05) is 32.9 Å². The van der Waals surface area contributed by atoms with E-state index in [-0.39, 0.29) is 6.61 Å². The van der Waals surface area contributed by atoms with Crippen molar-refractivity contribution in [2.24, 2.45) is 11.3 Å². The third kappa shape index (κ3) is 2.69. The molecule has 0 aromatic heterocycles. The van der Waals surface area contributed by atoms with Crippen molar-refractivity contribution in [1.29, 1.82) is 0 Å². The van der Waals surface area contributed by atoms with Crippen LogP contribution in [0.3, 0.4) is 0 Å². The molecule has 0 bridgehead atoms. The van der Waals surface area contributed by atoms with Crippen molar-refractivity contribution in [3.05, 3.63) is 29.3 Å². The maximum Gasteiger partial charge on any atom is 0.0681 e. The van der Waals surface area contributed by atoms with E-state index in [1.54, 1.807) is 0 Å². The van der Waals surface area contributed by atoms with Gasteiger partial charge in [0.15, 0.2) is 0 Å². The molecule has 1 aliphatic heterocycles. The average molecular weight is 247 g/mol. The molecule has 2 rings (SSSR count). The summed E-state index contributed by atoms with van der Waals surface area (Å²) in [4.78, 5) is 2.49. The molecular formula is C16H25NO. The van der Waals surface area contributed by atoms with Crippen LogP contribution in [0.2, 0.25) is 0 Å². The van der Waals surface area contributed by atoms with Gasteiger partial charge in [0.2, 0.25) is 0 Å². The highest BCUT2D eigenvalue weighted by molar-refractivity contribution is 5.55. The Morgan fingerprint density at radius 1 is 1.33 bits per heavy atom. The summed E-state index contributed by atoms with van der Waals surface area (Å²) in [5.74, 6) is 0.773. The number of aliphatic hydroxyl groups excluding tert-OH is 1. The second-order valence-corrected chi connectivity index (χ2v) is 6.58. The molecule has 100 valence electrons.